The highest BCUT2D eigenvalue weighted by Crippen LogP contribution is 2.34. The quantitative estimate of drug-likeness (QED) is 0.314. The Labute approximate surface area is 156 Å². The van der Waals surface area contributed by atoms with Crippen LogP contribution in [0.3, 0.4) is 0 Å². The van der Waals surface area contributed by atoms with Crippen molar-refractivity contribution >= 4 is 32.3 Å². The molecule has 0 nitrogen and oxygen atoms in total. The molecule has 0 N–H and O–H groups in total. The van der Waals surface area contributed by atoms with Gasteiger partial charge in [-0.05, 0) is 69.1 Å². The van der Waals surface area contributed by atoms with Gasteiger partial charge in [-0.3, -0.25) is 0 Å². The molecule has 0 unspecified atom stereocenters. The van der Waals surface area contributed by atoms with Crippen LogP contribution >= 0.6 is 0 Å². The molecule has 0 aromatic heterocycles. The van der Waals surface area contributed by atoms with Crippen LogP contribution in [0.25, 0.3) is 32.3 Å². The van der Waals surface area contributed by atoms with Gasteiger partial charge in [0.05, 0.1) is 0 Å². The normalized spacial score (nSPS) is 11.6. The number of benzene rings is 4. The molecule has 0 saturated carbocycles. The Morgan fingerprint density at radius 1 is 0.462 bits per heavy atom. The van der Waals surface area contributed by atoms with E-state index in [1.807, 2.05) is 0 Å². The van der Waals surface area contributed by atoms with Gasteiger partial charge in [0.25, 0.3) is 0 Å². The third-order valence-electron chi connectivity index (χ3n) is 5.70. The van der Waals surface area contributed by atoms with E-state index in [2.05, 4.69) is 74.5 Å². The average Bonchev–Trinajstić information content (AvgIpc) is 2.69. The molecule has 4 rings (SSSR count). The number of aryl methyl sites for hydroxylation is 2. The molecule has 26 heavy (non-hydrogen) atoms. The van der Waals surface area contributed by atoms with Crippen molar-refractivity contribution in [3.8, 4) is 0 Å². The maximum absolute atomic E-state index is 2.35. The van der Waals surface area contributed by atoms with E-state index < -0.39 is 0 Å². The summed E-state index contributed by atoms with van der Waals surface area (Å²) in [4.78, 5) is 0. The van der Waals surface area contributed by atoms with E-state index in [1.54, 1.807) is 0 Å². The summed E-state index contributed by atoms with van der Waals surface area (Å²) < 4.78 is 0. The van der Waals surface area contributed by atoms with E-state index in [4.69, 9.17) is 0 Å². The lowest BCUT2D eigenvalue weighted by Gasteiger charge is -2.13. The molecule has 4 aromatic rings. The van der Waals surface area contributed by atoms with Crippen molar-refractivity contribution in [2.24, 2.45) is 0 Å². The van der Waals surface area contributed by atoms with Crippen LogP contribution < -0.4 is 0 Å². The van der Waals surface area contributed by atoms with Gasteiger partial charge in [0, 0.05) is 0 Å². The summed E-state index contributed by atoms with van der Waals surface area (Å²) in [6.07, 6.45) is 7.36. The number of fused-ring (bicyclic) bond motifs is 5. The molecule has 132 valence electrons. The predicted molar refractivity (Wildman–Crippen MR) is 116 cm³/mol. The van der Waals surface area contributed by atoms with Crippen LogP contribution in [0.4, 0.5) is 0 Å². The SMILES string of the molecule is CCCCc1cccc2c1ccc1c3cccc(CCCC)c3ccc21. The zero-order valence-electron chi connectivity index (χ0n) is 16.0. The second kappa shape index (κ2) is 7.50. The van der Waals surface area contributed by atoms with E-state index in [0.717, 1.165) is 0 Å². The molecule has 0 atom stereocenters. The Kier molecular flexibility index (Phi) is 4.93. The van der Waals surface area contributed by atoms with Crippen molar-refractivity contribution in [1.29, 1.82) is 0 Å². The van der Waals surface area contributed by atoms with Crippen LogP contribution in [0.5, 0.6) is 0 Å². The molecule has 0 heterocycles. The standard InChI is InChI=1S/C26H28/c1-3-5-9-19-11-7-13-23-21(19)15-17-26-24-14-8-12-20(10-6-4-2)22(24)16-18-25(23)26/h7-8,11-18H,3-6,9-10H2,1-2H3. The zero-order valence-corrected chi connectivity index (χ0v) is 16.0. The largest absolute Gasteiger partial charge is 0.0654 e. The molecule has 0 fully saturated rings. The Balaban J connectivity index is 1.94. The fraction of sp³-hybridized carbons (Fsp3) is 0.308. The summed E-state index contributed by atoms with van der Waals surface area (Å²) in [5.74, 6) is 0. The van der Waals surface area contributed by atoms with E-state index in [-0.39, 0.29) is 0 Å². The van der Waals surface area contributed by atoms with Gasteiger partial charge in [-0.1, -0.05) is 87.4 Å². The smallest absolute Gasteiger partial charge is 0.00989 e. The van der Waals surface area contributed by atoms with Crippen molar-refractivity contribution in [3.05, 3.63) is 71.8 Å². The molecule has 0 heteroatoms. The van der Waals surface area contributed by atoms with Crippen molar-refractivity contribution < 1.29 is 0 Å². The van der Waals surface area contributed by atoms with Crippen molar-refractivity contribution in [3.63, 3.8) is 0 Å². The maximum atomic E-state index is 2.35. The average molecular weight is 341 g/mol. The Morgan fingerprint density at radius 2 is 0.846 bits per heavy atom. The fourth-order valence-corrected chi connectivity index (χ4v) is 4.24. The molecule has 4 aromatic carbocycles. The lowest BCUT2D eigenvalue weighted by molar-refractivity contribution is 0.799. The first-order valence-electron chi connectivity index (χ1n) is 10.2. The second-order valence-corrected chi connectivity index (χ2v) is 7.46. The predicted octanol–water partition coefficient (Wildman–Crippen LogP) is 7.83. The Morgan fingerprint density at radius 3 is 1.27 bits per heavy atom. The molecular weight excluding hydrogens is 312 g/mol. The molecule has 0 aliphatic carbocycles. The van der Waals surface area contributed by atoms with Crippen LogP contribution in [-0.4, -0.2) is 0 Å². The lowest BCUT2D eigenvalue weighted by Crippen LogP contribution is -1.90. The molecule has 0 amide bonds. The summed E-state index contributed by atoms with van der Waals surface area (Å²) in [7, 11) is 0. The Bertz CT molecular complexity index is 969. The second-order valence-electron chi connectivity index (χ2n) is 7.46. The molecule has 0 radical (unpaired) electrons. The van der Waals surface area contributed by atoms with Gasteiger partial charge in [-0.15, -0.1) is 0 Å². The first kappa shape index (κ1) is 17.1. The third-order valence-corrected chi connectivity index (χ3v) is 5.70. The lowest BCUT2D eigenvalue weighted by atomic mass is 9.91. The highest BCUT2D eigenvalue weighted by atomic mass is 14.1. The minimum absolute atomic E-state index is 1.17. The van der Waals surface area contributed by atoms with Gasteiger partial charge in [-0.2, -0.15) is 0 Å². The van der Waals surface area contributed by atoms with Gasteiger partial charge in [0.2, 0.25) is 0 Å². The van der Waals surface area contributed by atoms with Crippen molar-refractivity contribution in [2.75, 3.05) is 0 Å². The van der Waals surface area contributed by atoms with E-state index in [0.29, 0.717) is 0 Å². The molecule has 0 aliphatic rings. The summed E-state index contributed by atoms with van der Waals surface area (Å²) in [5, 5.41) is 8.43. The monoisotopic (exact) mass is 340 g/mol. The zero-order chi connectivity index (χ0) is 17.9. The molecule has 0 saturated heterocycles. The van der Waals surface area contributed by atoms with Crippen LogP contribution in [0.1, 0.15) is 50.7 Å². The van der Waals surface area contributed by atoms with Crippen LogP contribution in [0, 0.1) is 0 Å². The summed E-state index contributed by atoms with van der Waals surface area (Å²) in [5.41, 5.74) is 2.98. The number of hydrogen-bond acceptors (Lipinski definition) is 0. The fourth-order valence-electron chi connectivity index (χ4n) is 4.24. The van der Waals surface area contributed by atoms with Gasteiger partial charge in [-0.25, -0.2) is 0 Å². The molecule has 0 bridgehead atoms. The van der Waals surface area contributed by atoms with Crippen LogP contribution in [0.15, 0.2) is 60.7 Å². The summed E-state index contributed by atoms with van der Waals surface area (Å²) in [6, 6.07) is 23.0. The highest BCUT2D eigenvalue weighted by molar-refractivity contribution is 6.18. The van der Waals surface area contributed by atoms with Crippen molar-refractivity contribution in [2.45, 2.75) is 52.4 Å². The van der Waals surface area contributed by atoms with Gasteiger partial charge in [0.1, 0.15) is 0 Å². The topological polar surface area (TPSA) is 0 Å². The van der Waals surface area contributed by atoms with Crippen LogP contribution in [0.2, 0.25) is 0 Å². The summed E-state index contributed by atoms with van der Waals surface area (Å²) in [6.45, 7) is 4.53. The molecular formula is C26H28. The Hall–Kier alpha value is -2.34. The van der Waals surface area contributed by atoms with Gasteiger partial charge < -0.3 is 0 Å². The van der Waals surface area contributed by atoms with E-state index in [1.165, 1.54) is 82.0 Å². The highest BCUT2D eigenvalue weighted by Gasteiger charge is 2.09. The maximum Gasteiger partial charge on any atom is -0.00989 e. The van der Waals surface area contributed by atoms with E-state index in [9.17, 15) is 0 Å². The van der Waals surface area contributed by atoms with E-state index >= 15 is 0 Å². The third kappa shape index (κ3) is 2.98. The first-order chi connectivity index (χ1) is 12.8. The molecule has 0 aliphatic heterocycles. The number of unbranched alkanes of at least 4 members (excludes halogenated alkanes) is 2. The minimum Gasteiger partial charge on any atom is -0.0654 e. The summed E-state index contributed by atoms with van der Waals surface area (Å²) >= 11 is 0. The number of hydrogen-bond donors (Lipinski definition) is 0. The number of rotatable bonds is 6. The van der Waals surface area contributed by atoms with Crippen molar-refractivity contribution in [1.82, 2.24) is 0 Å². The molecule has 0 spiro atoms. The van der Waals surface area contributed by atoms with Gasteiger partial charge >= 0.3 is 0 Å². The van der Waals surface area contributed by atoms with Crippen LogP contribution in [-0.2, 0) is 12.8 Å². The van der Waals surface area contributed by atoms with Gasteiger partial charge in [0.15, 0.2) is 0 Å². The minimum atomic E-state index is 1.17. The first-order valence-corrected chi connectivity index (χ1v) is 10.2.